The lowest BCUT2D eigenvalue weighted by atomic mass is 10.1. The average Bonchev–Trinajstić information content (AvgIpc) is 3.04. The summed E-state index contributed by atoms with van der Waals surface area (Å²) < 4.78 is 40.0. The lowest BCUT2D eigenvalue weighted by molar-refractivity contribution is -0.137. The first-order chi connectivity index (χ1) is 13.4. The normalized spacial score (nSPS) is 19.2. The van der Waals surface area contributed by atoms with E-state index in [9.17, 15) is 13.2 Å². The lowest BCUT2D eigenvalue weighted by Gasteiger charge is -2.35. The molecule has 0 aliphatic carbocycles. The fourth-order valence-corrected chi connectivity index (χ4v) is 4.33. The van der Waals surface area contributed by atoms with E-state index in [2.05, 4.69) is 27.8 Å². The number of piperazine rings is 1. The molecule has 0 atom stereocenters. The Kier molecular flexibility index (Phi) is 3.91. The molecule has 0 saturated carbocycles. The summed E-state index contributed by atoms with van der Waals surface area (Å²) in [6.07, 6.45) is -3.49. The Morgan fingerprint density at radius 1 is 0.964 bits per heavy atom. The number of fused-ring (bicyclic) bond motifs is 2. The van der Waals surface area contributed by atoms with Gasteiger partial charge in [-0.1, -0.05) is 12.1 Å². The Morgan fingerprint density at radius 2 is 1.75 bits per heavy atom. The van der Waals surface area contributed by atoms with E-state index in [0.717, 1.165) is 68.0 Å². The molecule has 4 nitrogen and oxygen atoms in total. The smallest absolute Gasteiger partial charge is 0.353 e. The fourth-order valence-electron chi connectivity index (χ4n) is 4.33. The summed E-state index contributed by atoms with van der Waals surface area (Å²) in [5, 5.41) is 0. The second-order valence-electron chi connectivity index (χ2n) is 7.64. The molecular formula is C21H21F3N4. The number of anilines is 2. The second kappa shape index (κ2) is 6.24. The van der Waals surface area contributed by atoms with Gasteiger partial charge in [-0.3, -0.25) is 0 Å². The topological polar surface area (TPSA) is 22.1 Å². The highest BCUT2D eigenvalue weighted by atomic mass is 19.4. The molecule has 3 heterocycles. The van der Waals surface area contributed by atoms with Crippen molar-refractivity contribution in [2.75, 3.05) is 44.7 Å². The quantitative estimate of drug-likeness (QED) is 0.682. The first-order valence-corrected chi connectivity index (χ1v) is 9.55. The third kappa shape index (κ3) is 2.76. The minimum atomic E-state index is -4.38. The number of alkyl halides is 3. The van der Waals surface area contributed by atoms with Crippen molar-refractivity contribution in [3.63, 3.8) is 0 Å². The van der Waals surface area contributed by atoms with E-state index < -0.39 is 11.7 Å². The highest BCUT2D eigenvalue weighted by molar-refractivity contribution is 6.09. The van der Waals surface area contributed by atoms with Crippen molar-refractivity contribution < 1.29 is 13.2 Å². The summed E-state index contributed by atoms with van der Waals surface area (Å²) in [4.78, 5) is 11.4. The number of likely N-dealkylation sites (N-methyl/N-ethyl adjacent to an activating group) is 1. The van der Waals surface area contributed by atoms with Crippen molar-refractivity contribution in [3.8, 4) is 0 Å². The van der Waals surface area contributed by atoms with Crippen molar-refractivity contribution >= 4 is 22.9 Å². The Labute approximate surface area is 161 Å². The Hall–Kier alpha value is -2.54. The summed E-state index contributed by atoms with van der Waals surface area (Å²) in [7, 11) is 2.08. The van der Waals surface area contributed by atoms with Gasteiger partial charge < -0.3 is 14.7 Å². The summed E-state index contributed by atoms with van der Waals surface area (Å²) >= 11 is 0. The molecule has 28 heavy (non-hydrogen) atoms. The van der Waals surface area contributed by atoms with E-state index in [-0.39, 0.29) is 0 Å². The maximum atomic E-state index is 13.3. The number of hydrogen-bond donors (Lipinski definition) is 0. The van der Waals surface area contributed by atoms with Gasteiger partial charge in [-0.25, -0.2) is 4.99 Å². The van der Waals surface area contributed by atoms with Crippen LogP contribution in [0.2, 0.25) is 0 Å². The van der Waals surface area contributed by atoms with Gasteiger partial charge in [0.25, 0.3) is 0 Å². The van der Waals surface area contributed by atoms with Crippen LogP contribution < -0.4 is 4.90 Å². The Balaban J connectivity index is 1.70. The van der Waals surface area contributed by atoms with Gasteiger partial charge in [0.15, 0.2) is 0 Å². The molecular weight excluding hydrogens is 365 g/mol. The van der Waals surface area contributed by atoms with Crippen LogP contribution in [0, 0.1) is 0 Å². The van der Waals surface area contributed by atoms with Gasteiger partial charge in [0.2, 0.25) is 0 Å². The average molecular weight is 386 g/mol. The van der Waals surface area contributed by atoms with Gasteiger partial charge in [-0.15, -0.1) is 0 Å². The zero-order valence-electron chi connectivity index (χ0n) is 15.6. The van der Waals surface area contributed by atoms with Crippen LogP contribution in [0.25, 0.3) is 0 Å². The number of aliphatic imine (C=N–C) groups is 1. The molecule has 1 saturated heterocycles. The SMILES string of the molecule is CN1CCN(C2=Nc3cc(C(F)(F)F)ccc3N3CCc4cccc2c43)CC1. The molecule has 3 aliphatic rings. The van der Waals surface area contributed by atoms with E-state index in [0.29, 0.717) is 5.69 Å². The number of benzene rings is 2. The predicted molar refractivity (Wildman–Crippen MR) is 104 cm³/mol. The van der Waals surface area contributed by atoms with Crippen molar-refractivity contribution in [3.05, 3.63) is 53.1 Å². The maximum Gasteiger partial charge on any atom is 0.416 e. The Bertz CT molecular complexity index is 959. The van der Waals surface area contributed by atoms with Gasteiger partial charge in [0, 0.05) is 38.3 Å². The number of nitrogens with zero attached hydrogens (tertiary/aromatic N) is 4. The van der Waals surface area contributed by atoms with Gasteiger partial charge >= 0.3 is 6.18 Å². The third-order valence-electron chi connectivity index (χ3n) is 5.86. The van der Waals surface area contributed by atoms with E-state index >= 15 is 0 Å². The van der Waals surface area contributed by atoms with Crippen LogP contribution in [0.5, 0.6) is 0 Å². The Morgan fingerprint density at radius 3 is 2.50 bits per heavy atom. The minimum absolute atomic E-state index is 0.396. The molecule has 2 aromatic carbocycles. The first-order valence-electron chi connectivity index (χ1n) is 9.55. The van der Waals surface area contributed by atoms with Crippen molar-refractivity contribution in [2.45, 2.75) is 12.6 Å². The van der Waals surface area contributed by atoms with Crippen LogP contribution in [-0.4, -0.2) is 55.4 Å². The zero-order valence-corrected chi connectivity index (χ0v) is 15.6. The van der Waals surface area contributed by atoms with Gasteiger partial charge in [0.1, 0.15) is 5.84 Å². The van der Waals surface area contributed by atoms with Crippen molar-refractivity contribution in [1.82, 2.24) is 9.80 Å². The van der Waals surface area contributed by atoms with Crippen LogP contribution >= 0.6 is 0 Å². The van der Waals surface area contributed by atoms with Crippen LogP contribution in [-0.2, 0) is 12.6 Å². The van der Waals surface area contributed by atoms with Gasteiger partial charge in [0.05, 0.1) is 22.6 Å². The standard InChI is InChI=1S/C21H21F3N4/c1-26-9-11-27(12-10-26)20-16-4-2-3-14-7-8-28(19(14)16)18-6-5-15(21(22,23)24)13-17(18)25-20/h2-6,13H,7-12H2,1H3. The number of amidine groups is 1. The molecule has 0 radical (unpaired) electrons. The maximum absolute atomic E-state index is 13.3. The zero-order chi connectivity index (χ0) is 19.5. The molecule has 1 fully saturated rings. The van der Waals surface area contributed by atoms with Crippen molar-refractivity contribution in [1.29, 1.82) is 0 Å². The molecule has 3 aliphatic heterocycles. The van der Waals surface area contributed by atoms with E-state index in [4.69, 9.17) is 4.99 Å². The number of halogens is 3. The fraction of sp³-hybridized carbons (Fsp3) is 0.381. The van der Waals surface area contributed by atoms with E-state index in [1.165, 1.54) is 11.6 Å². The van der Waals surface area contributed by atoms with Gasteiger partial charge in [-0.2, -0.15) is 13.2 Å². The molecule has 0 amide bonds. The molecule has 5 rings (SSSR count). The molecule has 0 aromatic heterocycles. The monoisotopic (exact) mass is 386 g/mol. The molecule has 0 unspecified atom stereocenters. The highest BCUT2D eigenvalue weighted by Crippen LogP contribution is 2.46. The number of para-hydroxylation sites is 1. The van der Waals surface area contributed by atoms with Crippen LogP contribution in [0.3, 0.4) is 0 Å². The van der Waals surface area contributed by atoms with Crippen LogP contribution in [0.1, 0.15) is 16.7 Å². The van der Waals surface area contributed by atoms with Crippen molar-refractivity contribution in [2.24, 2.45) is 4.99 Å². The summed E-state index contributed by atoms with van der Waals surface area (Å²) in [5.74, 6) is 0.787. The number of rotatable bonds is 0. The van der Waals surface area contributed by atoms with E-state index in [1.54, 1.807) is 6.07 Å². The molecule has 2 aromatic rings. The molecule has 0 spiro atoms. The summed E-state index contributed by atoms with van der Waals surface area (Å²) in [6, 6.07) is 10.1. The first kappa shape index (κ1) is 17.6. The summed E-state index contributed by atoms with van der Waals surface area (Å²) in [6.45, 7) is 4.21. The van der Waals surface area contributed by atoms with E-state index in [1.807, 2.05) is 12.1 Å². The predicted octanol–water partition coefficient (Wildman–Crippen LogP) is 4.04. The largest absolute Gasteiger partial charge is 0.416 e. The van der Waals surface area contributed by atoms with Crippen LogP contribution in [0.4, 0.5) is 30.2 Å². The lowest BCUT2D eigenvalue weighted by Crippen LogP contribution is -2.47. The highest BCUT2D eigenvalue weighted by Gasteiger charge is 2.35. The third-order valence-corrected chi connectivity index (χ3v) is 5.86. The van der Waals surface area contributed by atoms with Gasteiger partial charge in [-0.05, 0) is 43.3 Å². The molecule has 0 bridgehead atoms. The van der Waals surface area contributed by atoms with Crippen LogP contribution in [0.15, 0.2) is 41.4 Å². The summed E-state index contributed by atoms with van der Waals surface area (Å²) in [5.41, 5.74) is 3.84. The molecule has 7 heteroatoms. The number of hydrogen-bond acceptors (Lipinski definition) is 4. The molecule has 0 N–H and O–H groups in total. The minimum Gasteiger partial charge on any atom is -0.353 e. The molecule has 146 valence electrons. The second-order valence-corrected chi connectivity index (χ2v) is 7.64.